The molecule has 0 atom stereocenters. The van der Waals surface area contributed by atoms with Gasteiger partial charge in [-0.25, -0.2) is 9.78 Å². The third-order valence-corrected chi connectivity index (χ3v) is 6.49. The molecule has 2 aromatic rings. The van der Waals surface area contributed by atoms with Gasteiger partial charge in [-0.2, -0.15) is 0 Å². The van der Waals surface area contributed by atoms with E-state index in [0.29, 0.717) is 35.7 Å². The van der Waals surface area contributed by atoms with Crippen LogP contribution >= 0.6 is 0 Å². The molecule has 4 rings (SSSR count). The van der Waals surface area contributed by atoms with Crippen LogP contribution in [0.2, 0.25) is 0 Å². The van der Waals surface area contributed by atoms with Crippen LogP contribution in [0.3, 0.4) is 0 Å². The van der Waals surface area contributed by atoms with Gasteiger partial charge < -0.3 is 30.6 Å². The SMILES string of the molecule is CC(C)(C)OC(=O)N1CCC(N2CCC(NC(=O)c3nc4c(C(N)=O)cccc4[nH]3)CC2)CC1. The Morgan fingerprint density at radius 3 is 2.38 bits per heavy atom. The van der Waals surface area contributed by atoms with E-state index in [2.05, 4.69) is 20.2 Å². The van der Waals surface area contributed by atoms with Crippen molar-refractivity contribution < 1.29 is 19.1 Å². The molecule has 2 saturated heterocycles. The highest BCUT2D eigenvalue weighted by atomic mass is 16.6. The molecule has 0 saturated carbocycles. The Labute approximate surface area is 199 Å². The zero-order valence-corrected chi connectivity index (χ0v) is 20.1. The molecule has 10 heteroatoms. The highest BCUT2D eigenvalue weighted by molar-refractivity contribution is 6.05. The first-order chi connectivity index (χ1) is 16.1. The Hall–Kier alpha value is -3.14. The number of piperidine rings is 2. The van der Waals surface area contributed by atoms with Crippen LogP contribution in [-0.4, -0.2) is 81.5 Å². The number of ether oxygens (including phenoxy) is 1. The number of fused-ring (bicyclic) bond motifs is 1. The molecule has 0 aliphatic carbocycles. The van der Waals surface area contributed by atoms with Gasteiger partial charge in [-0.1, -0.05) is 6.07 Å². The van der Waals surface area contributed by atoms with E-state index in [1.54, 1.807) is 23.1 Å². The van der Waals surface area contributed by atoms with Crippen molar-refractivity contribution in [3.05, 3.63) is 29.6 Å². The largest absolute Gasteiger partial charge is 0.444 e. The van der Waals surface area contributed by atoms with Crippen molar-refractivity contribution in [3.8, 4) is 0 Å². The van der Waals surface area contributed by atoms with Gasteiger partial charge in [0.1, 0.15) is 11.1 Å². The number of benzene rings is 1. The highest BCUT2D eigenvalue weighted by Gasteiger charge is 2.32. The zero-order valence-electron chi connectivity index (χ0n) is 20.1. The molecule has 10 nitrogen and oxygen atoms in total. The van der Waals surface area contributed by atoms with E-state index in [0.717, 1.165) is 38.8 Å². The molecule has 0 spiro atoms. The van der Waals surface area contributed by atoms with Crippen molar-refractivity contribution in [2.45, 2.75) is 64.1 Å². The van der Waals surface area contributed by atoms with Crippen LogP contribution in [0.15, 0.2) is 18.2 Å². The van der Waals surface area contributed by atoms with Crippen molar-refractivity contribution in [2.75, 3.05) is 26.2 Å². The number of para-hydroxylation sites is 1. The Bertz CT molecular complexity index is 1060. The molecule has 184 valence electrons. The second kappa shape index (κ2) is 9.61. The Morgan fingerprint density at radius 2 is 1.76 bits per heavy atom. The molecule has 0 radical (unpaired) electrons. The van der Waals surface area contributed by atoms with Crippen molar-refractivity contribution in [1.29, 1.82) is 0 Å². The number of imidazole rings is 1. The molecule has 3 heterocycles. The van der Waals surface area contributed by atoms with E-state index >= 15 is 0 Å². The minimum atomic E-state index is -0.576. The fourth-order valence-electron chi connectivity index (χ4n) is 4.74. The van der Waals surface area contributed by atoms with Gasteiger partial charge >= 0.3 is 6.09 Å². The number of nitrogens with two attached hydrogens (primary N) is 1. The molecule has 1 aromatic carbocycles. The first-order valence-corrected chi connectivity index (χ1v) is 11.9. The van der Waals surface area contributed by atoms with E-state index in [9.17, 15) is 14.4 Å². The van der Waals surface area contributed by atoms with Crippen LogP contribution in [0, 0.1) is 0 Å². The van der Waals surface area contributed by atoms with Gasteiger partial charge in [0.2, 0.25) is 0 Å². The van der Waals surface area contributed by atoms with E-state index in [1.165, 1.54) is 0 Å². The predicted octanol–water partition coefficient (Wildman–Crippen LogP) is 2.26. The number of aromatic amines is 1. The normalized spacial score (nSPS) is 18.7. The number of aromatic nitrogens is 2. The smallest absolute Gasteiger partial charge is 0.410 e. The summed E-state index contributed by atoms with van der Waals surface area (Å²) in [6.07, 6.45) is 3.32. The Morgan fingerprint density at radius 1 is 1.09 bits per heavy atom. The molecular formula is C24H34N6O4. The molecule has 34 heavy (non-hydrogen) atoms. The van der Waals surface area contributed by atoms with Gasteiger partial charge in [0.05, 0.1) is 11.1 Å². The zero-order chi connectivity index (χ0) is 24.5. The number of carbonyl (C=O) groups excluding carboxylic acids is 3. The van der Waals surface area contributed by atoms with Crippen LogP contribution in [0.25, 0.3) is 11.0 Å². The summed E-state index contributed by atoms with van der Waals surface area (Å²) >= 11 is 0. The lowest BCUT2D eigenvalue weighted by molar-refractivity contribution is 0.0125. The van der Waals surface area contributed by atoms with Crippen molar-refractivity contribution in [2.24, 2.45) is 5.73 Å². The van der Waals surface area contributed by atoms with Crippen LogP contribution in [0.4, 0.5) is 4.79 Å². The molecule has 2 fully saturated rings. The summed E-state index contributed by atoms with van der Waals surface area (Å²) in [7, 11) is 0. The molecular weight excluding hydrogens is 436 g/mol. The quantitative estimate of drug-likeness (QED) is 0.628. The summed E-state index contributed by atoms with van der Waals surface area (Å²) in [5, 5.41) is 3.07. The number of nitrogens with one attached hydrogen (secondary N) is 2. The monoisotopic (exact) mass is 470 g/mol. The molecule has 3 amide bonds. The van der Waals surface area contributed by atoms with Gasteiger partial charge in [0.25, 0.3) is 11.8 Å². The molecule has 2 aliphatic rings. The fraction of sp³-hybridized carbons (Fsp3) is 0.583. The lowest BCUT2D eigenvalue weighted by Gasteiger charge is -2.42. The van der Waals surface area contributed by atoms with Crippen LogP contribution in [0.1, 0.15) is 67.4 Å². The van der Waals surface area contributed by atoms with Gasteiger partial charge in [0, 0.05) is 38.3 Å². The van der Waals surface area contributed by atoms with Crippen molar-refractivity contribution >= 4 is 28.9 Å². The van der Waals surface area contributed by atoms with Gasteiger partial charge in [-0.15, -0.1) is 0 Å². The van der Waals surface area contributed by atoms with Crippen molar-refractivity contribution in [1.82, 2.24) is 25.1 Å². The van der Waals surface area contributed by atoms with E-state index in [1.807, 2.05) is 20.8 Å². The number of hydrogen-bond donors (Lipinski definition) is 3. The maximum atomic E-state index is 12.8. The van der Waals surface area contributed by atoms with E-state index in [4.69, 9.17) is 10.5 Å². The highest BCUT2D eigenvalue weighted by Crippen LogP contribution is 2.23. The maximum absolute atomic E-state index is 12.8. The number of primary amides is 1. The number of carbonyl (C=O) groups is 3. The third kappa shape index (κ3) is 5.49. The second-order valence-corrected chi connectivity index (χ2v) is 10.1. The summed E-state index contributed by atoms with van der Waals surface area (Å²) in [5.41, 5.74) is 6.24. The summed E-state index contributed by atoms with van der Waals surface area (Å²) in [5.74, 6) is -0.676. The summed E-state index contributed by atoms with van der Waals surface area (Å²) in [4.78, 5) is 48.2. The average molecular weight is 471 g/mol. The minimum absolute atomic E-state index is 0.0643. The number of rotatable bonds is 4. The van der Waals surface area contributed by atoms with Gasteiger partial charge in [-0.05, 0) is 58.6 Å². The van der Waals surface area contributed by atoms with Gasteiger partial charge in [-0.3, -0.25) is 9.59 Å². The summed E-state index contributed by atoms with van der Waals surface area (Å²) < 4.78 is 5.49. The van der Waals surface area contributed by atoms with Crippen molar-refractivity contribution in [3.63, 3.8) is 0 Å². The molecule has 4 N–H and O–H groups in total. The number of hydrogen-bond acceptors (Lipinski definition) is 6. The fourth-order valence-corrected chi connectivity index (χ4v) is 4.74. The Kier molecular flexibility index (Phi) is 6.79. The maximum Gasteiger partial charge on any atom is 0.410 e. The third-order valence-electron chi connectivity index (χ3n) is 6.49. The van der Waals surface area contributed by atoms with E-state index < -0.39 is 11.5 Å². The molecule has 1 aromatic heterocycles. The van der Waals surface area contributed by atoms with Crippen LogP contribution in [0.5, 0.6) is 0 Å². The predicted molar refractivity (Wildman–Crippen MR) is 128 cm³/mol. The molecule has 2 aliphatic heterocycles. The first-order valence-electron chi connectivity index (χ1n) is 11.9. The topological polar surface area (TPSA) is 134 Å². The Balaban J connectivity index is 1.26. The first kappa shape index (κ1) is 24.0. The average Bonchev–Trinajstić information content (AvgIpc) is 3.23. The standard InChI is InChI=1S/C24H34N6O4/c1-24(2,3)34-23(33)30-13-9-16(10-14-30)29-11-7-15(8-12-29)26-22(32)21-27-18-6-4-5-17(20(25)31)19(18)28-21/h4-6,15-16H,7-14H2,1-3H3,(H2,25,31)(H,26,32)(H,27,28). The van der Waals surface area contributed by atoms with Crippen LogP contribution in [-0.2, 0) is 4.74 Å². The number of H-pyrrole nitrogens is 1. The molecule has 0 bridgehead atoms. The number of amides is 3. The van der Waals surface area contributed by atoms with E-state index in [-0.39, 0.29) is 23.9 Å². The number of likely N-dealkylation sites (tertiary alicyclic amines) is 2. The van der Waals surface area contributed by atoms with Gasteiger partial charge in [0.15, 0.2) is 5.82 Å². The van der Waals surface area contributed by atoms with Crippen LogP contribution < -0.4 is 11.1 Å². The summed E-state index contributed by atoms with van der Waals surface area (Å²) in [6.45, 7) is 8.85. The minimum Gasteiger partial charge on any atom is -0.444 e. The molecule has 0 unspecified atom stereocenters. The second-order valence-electron chi connectivity index (χ2n) is 10.1. The lowest BCUT2D eigenvalue weighted by atomic mass is 9.98. The summed E-state index contributed by atoms with van der Waals surface area (Å²) in [6, 6.07) is 5.57. The number of nitrogens with zero attached hydrogens (tertiary/aromatic N) is 3. The lowest BCUT2D eigenvalue weighted by Crippen LogP contribution is -2.52.